The Hall–Kier alpha value is -1.92. The van der Waals surface area contributed by atoms with Crippen LogP contribution < -0.4 is 0 Å². The van der Waals surface area contributed by atoms with Crippen LogP contribution in [-0.2, 0) is 4.79 Å². The van der Waals surface area contributed by atoms with Crippen LogP contribution in [0.15, 0.2) is 29.6 Å². The summed E-state index contributed by atoms with van der Waals surface area (Å²) in [6.07, 6.45) is 0. The van der Waals surface area contributed by atoms with Crippen LogP contribution in [0, 0.1) is 5.41 Å². The molecule has 2 heterocycles. The number of carbonyl (C=O) groups excluding carboxylic acids is 2. The molecule has 0 saturated carbocycles. The third kappa shape index (κ3) is 4.07. The lowest BCUT2D eigenvalue weighted by Gasteiger charge is -2.37. The largest absolute Gasteiger partial charge is 0.339 e. The first-order valence-electron chi connectivity index (χ1n) is 8.56. The van der Waals surface area contributed by atoms with Gasteiger partial charge in [0.2, 0.25) is 5.91 Å². The van der Waals surface area contributed by atoms with Gasteiger partial charge in [-0.3, -0.25) is 9.59 Å². The summed E-state index contributed by atoms with van der Waals surface area (Å²) < 4.78 is 0. The Balaban J connectivity index is 1.64. The van der Waals surface area contributed by atoms with Crippen LogP contribution in [0.5, 0.6) is 0 Å². The molecule has 0 spiro atoms. The monoisotopic (exact) mass is 391 g/mol. The number of hydrogen-bond donors (Lipinski definition) is 0. The van der Waals surface area contributed by atoms with E-state index in [-0.39, 0.29) is 11.8 Å². The average molecular weight is 392 g/mol. The van der Waals surface area contributed by atoms with Crippen LogP contribution >= 0.6 is 22.9 Å². The lowest BCUT2D eigenvalue weighted by atomic mass is 9.94. The van der Waals surface area contributed by atoms with E-state index >= 15 is 0 Å². The van der Waals surface area contributed by atoms with E-state index in [9.17, 15) is 9.59 Å². The molecule has 138 valence electrons. The van der Waals surface area contributed by atoms with Gasteiger partial charge in [-0.15, -0.1) is 11.3 Å². The van der Waals surface area contributed by atoms with E-state index in [2.05, 4.69) is 4.98 Å². The maximum Gasteiger partial charge on any atom is 0.273 e. The number of carbonyl (C=O) groups is 2. The van der Waals surface area contributed by atoms with Crippen molar-refractivity contribution in [2.45, 2.75) is 20.8 Å². The maximum atomic E-state index is 12.7. The second-order valence-corrected chi connectivity index (χ2v) is 8.67. The predicted molar refractivity (Wildman–Crippen MR) is 104 cm³/mol. The van der Waals surface area contributed by atoms with Gasteiger partial charge in [-0.05, 0) is 12.1 Å². The zero-order chi connectivity index (χ0) is 18.9. The molecule has 0 atom stereocenters. The first-order chi connectivity index (χ1) is 12.3. The number of piperazine rings is 1. The summed E-state index contributed by atoms with van der Waals surface area (Å²) in [5.74, 6) is 0.0487. The number of amides is 2. The van der Waals surface area contributed by atoms with Crippen molar-refractivity contribution in [3.05, 3.63) is 40.4 Å². The van der Waals surface area contributed by atoms with Crippen LogP contribution in [0.2, 0.25) is 5.02 Å². The van der Waals surface area contributed by atoms with Crippen molar-refractivity contribution in [2.75, 3.05) is 26.2 Å². The minimum atomic E-state index is -0.394. The molecule has 5 nitrogen and oxygen atoms in total. The van der Waals surface area contributed by atoms with Gasteiger partial charge in [-0.1, -0.05) is 44.5 Å². The molecule has 26 heavy (non-hydrogen) atoms. The molecule has 2 aromatic rings. The van der Waals surface area contributed by atoms with Crippen molar-refractivity contribution < 1.29 is 9.59 Å². The summed E-state index contributed by atoms with van der Waals surface area (Å²) in [6, 6.07) is 7.41. The quantitative estimate of drug-likeness (QED) is 0.782. The number of rotatable bonds is 2. The van der Waals surface area contributed by atoms with Crippen molar-refractivity contribution in [1.82, 2.24) is 14.8 Å². The zero-order valence-corrected chi connectivity index (χ0v) is 16.7. The molecule has 7 heteroatoms. The van der Waals surface area contributed by atoms with Crippen LogP contribution in [0.3, 0.4) is 0 Å². The molecule has 0 radical (unpaired) electrons. The lowest BCUT2D eigenvalue weighted by molar-refractivity contribution is -0.140. The van der Waals surface area contributed by atoms with Gasteiger partial charge in [-0.25, -0.2) is 4.98 Å². The van der Waals surface area contributed by atoms with Crippen molar-refractivity contribution >= 4 is 34.8 Å². The molecule has 1 saturated heterocycles. The highest BCUT2D eigenvalue weighted by atomic mass is 35.5. The molecular formula is C19H22ClN3O2S. The predicted octanol–water partition coefficient (Wildman–Crippen LogP) is 3.79. The fourth-order valence-electron chi connectivity index (χ4n) is 2.85. The van der Waals surface area contributed by atoms with Gasteiger partial charge in [0.1, 0.15) is 10.7 Å². The molecule has 1 aliphatic heterocycles. The highest BCUT2D eigenvalue weighted by Crippen LogP contribution is 2.26. The van der Waals surface area contributed by atoms with Crippen molar-refractivity contribution in [3.8, 4) is 10.6 Å². The Bertz CT molecular complexity index is 803. The first kappa shape index (κ1) is 18.9. The van der Waals surface area contributed by atoms with Gasteiger partial charge < -0.3 is 9.80 Å². The highest BCUT2D eigenvalue weighted by Gasteiger charge is 2.31. The van der Waals surface area contributed by atoms with Gasteiger partial charge in [0.15, 0.2) is 0 Å². The van der Waals surface area contributed by atoms with E-state index < -0.39 is 5.41 Å². The van der Waals surface area contributed by atoms with Gasteiger partial charge >= 0.3 is 0 Å². The van der Waals surface area contributed by atoms with Crippen LogP contribution in [0.25, 0.3) is 10.6 Å². The van der Waals surface area contributed by atoms with Gasteiger partial charge in [-0.2, -0.15) is 0 Å². The summed E-state index contributed by atoms with van der Waals surface area (Å²) in [5.41, 5.74) is 1.00. The fourth-order valence-corrected chi connectivity index (χ4v) is 3.77. The van der Waals surface area contributed by atoms with Gasteiger partial charge in [0.25, 0.3) is 5.91 Å². The van der Waals surface area contributed by atoms with Gasteiger partial charge in [0, 0.05) is 47.6 Å². The van der Waals surface area contributed by atoms with Crippen molar-refractivity contribution in [1.29, 1.82) is 0 Å². The van der Waals surface area contributed by atoms with Crippen molar-refractivity contribution in [3.63, 3.8) is 0 Å². The van der Waals surface area contributed by atoms with E-state index in [0.717, 1.165) is 10.6 Å². The number of thiazole rings is 1. The van der Waals surface area contributed by atoms with Crippen molar-refractivity contribution in [2.24, 2.45) is 5.41 Å². The van der Waals surface area contributed by atoms with Gasteiger partial charge in [0.05, 0.1) is 0 Å². The number of hydrogen-bond acceptors (Lipinski definition) is 4. The van der Waals surface area contributed by atoms with E-state index in [1.54, 1.807) is 10.3 Å². The molecule has 0 unspecified atom stereocenters. The lowest BCUT2D eigenvalue weighted by Crippen LogP contribution is -2.53. The molecule has 1 aromatic carbocycles. The smallest absolute Gasteiger partial charge is 0.273 e. The normalized spacial score (nSPS) is 15.2. The summed E-state index contributed by atoms with van der Waals surface area (Å²) in [5, 5.41) is 3.26. The van der Waals surface area contributed by atoms with E-state index in [0.29, 0.717) is 36.9 Å². The Morgan fingerprint density at radius 3 is 2.19 bits per heavy atom. The highest BCUT2D eigenvalue weighted by molar-refractivity contribution is 7.13. The summed E-state index contributed by atoms with van der Waals surface area (Å²) in [6.45, 7) is 7.95. The minimum absolute atomic E-state index is 0.0793. The van der Waals surface area contributed by atoms with E-state index in [4.69, 9.17) is 11.6 Å². The zero-order valence-electron chi connectivity index (χ0n) is 15.2. The molecule has 3 rings (SSSR count). The molecule has 0 aliphatic carbocycles. The molecule has 0 N–H and O–H groups in total. The van der Waals surface area contributed by atoms with Crippen LogP contribution in [0.1, 0.15) is 31.3 Å². The number of halogens is 1. The number of nitrogens with zero attached hydrogens (tertiary/aromatic N) is 3. The standard InChI is InChI=1S/C19H22ClN3O2S/c1-19(2,3)18(25)23-10-8-22(9-11-23)17(24)15-12-26-16(21-15)13-4-6-14(20)7-5-13/h4-7,12H,8-11H2,1-3H3. The van der Waals surface area contributed by atoms with Crippen LogP contribution in [-0.4, -0.2) is 52.8 Å². The molecule has 1 aromatic heterocycles. The molecule has 2 amide bonds. The summed E-state index contributed by atoms with van der Waals surface area (Å²) in [7, 11) is 0. The Morgan fingerprint density at radius 2 is 1.62 bits per heavy atom. The number of benzene rings is 1. The van der Waals surface area contributed by atoms with E-state index in [1.165, 1.54) is 11.3 Å². The Kier molecular flexibility index (Phi) is 5.34. The van der Waals surface area contributed by atoms with E-state index in [1.807, 2.05) is 49.9 Å². The third-order valence-corrected chi connectivity index (χ3v) is 5.45. The number of aromatic nitrogens is 1. The first-order valence-corrected chi connectivity index (χ1v) is 9.81. The Morgan fingerprint density at radius 1 is 1.04 bits per heavy atom. The maximum absolute atomic E-state index is 12.7. The summed E-state index contributed by atoms with van der Waals surface area (Å²) in [4.78, 5) is 33.2. The second kappa shape index (κ2) is 7.37. The molecule has 0 bridgehead atoms. The minimum Gasteiger partial charge on any atom is -0.339 e. The average Bonchev–Trinajstić information content (AvgIpc) is 3.10. The SMILES string of the molecule is CC(C)(C)C(=O)N1CCN(C(=O)c2csc(-c3ccc(Cl)cc3)n2)CC1. The molecule has 1 fully saturated rings. The topological polar surface area (TPSA) is 53.5 Å². The Labute approximate surface area is 162 Å². The summed E-state index contributed by atoms with van der Waals surface area (Å²) >= 11 is 7.36. The fraction of sp³-hybridized carbons (Fsp3) is 0.421. The molecular weight excluding hydrogens is 370 g/mol. The van der Waals surface area contributed by atoms with Crippen LogP contribution in [0.4, 0.5) is 0 Å². The molecule has 1 aliphatic rings. The second-order valence-electron chi connectivity index (χ2n) is 7.38. The third-order valence-electron chi connectivity index (χ3n) is 4.31.